The van der Waals surface area contributed by atoms with E-state index in [2.05, 4.69) is 15.5 Å². The van der Waals surface area contributed by atoms with Gasteiger partial charge in [-0.2, -0.15) is 0 Å². The van der Waals surface area contributed by atoms with E-state index in [-0.39, 0.29) is 23.7 Å². The smallest absolute Gasteiger partial charge is 0.233 e. The Kier molecular flexibility index (Phi) is 5.50. The number of aromatic nitrogens is 2. The summed E-state index contributed by atoms with van der Waals surface area (Å²) >= 11 is 0. The van der Waals surface area contributed by atoms with E-state index in [0.717, 1.165) is 24.2 Å². The first kappa shape index (κ1) is 18.4. The van der Waals surface area contributed by atoms with Gasteiger partial charge in [-0.25, -0.2) is 0 Å². The Hall–Kier alpha value is -2.96. The number of rotatable bonds is 5. The number of nitrogens with zero attached hydrogens (tertiary/aromatic N) is 3. The van der Waals surface area contributed by atoms with E-state index in [0.29, 0.717) is 38.4 Å². The summed E-state index contributed by atoms with van der Waals surface area (Å²) in [4.78, 5) is 25.8. The van der Waals surface area contributed by atoms with E-state index < -0.39 is 0 Å². The number of piperidine rings is 1. The summed E-state index contributed by atoms with van der Waals surface area (Å²) in [6.45, 7) is 2.41. The van der Waals surface area contributed by atoms with Crippen molar-refractivity contribution in [2.45, 2.75) is 19.3 Å². The molecule has 4 rings (SSSR count). The number of amides is 2. The average Bonchev–Trinajstić information content (AvgIpc) is 3.22. The highest BCUT2D eigenvalue weighted by atomic mass is 16.5. The lowest BCUT2D eigenvalue weighted by Gasteiger charge is -2.26. The molecule has 28 heavy (non-hydrogen) atoms. The fourth-order valence-electron chi connectivity index (χ4n) is 3.73. The number of hydrogen-bond donors (Lipinski definition) is 1. The van der Waals surface area contributed by atoms with Gasteiger partial charge in [0, 0.05) is 43.6 Å². The van der Waals surface area contributed by atoms with Crippen molar-refractivity contribution in [1.82, 2.24) is 20.4 Å². The van der Waals surface area contributed by atoms with Gasteiger partial charge in [0.05, 0.1) is 18.2 Å². The lowest BCUT2D eigenvalue weighted by atomic mass is 9.98. The molecule has 2 amide bonds. The Balaban J connectivity index is 1.26. The van der Waals surface area contributed by atoms with Gasteiger partial charge in [0.25, 0.3) is 0 Å². The molecule has 2 fully saturated rings. The third-order valence-electron chi connectivity index (χ3n) is 5.39. The molecule has 2 atom stereocenters. The molecule has 1 N–H and O–H groups in total. The molecule has 7 nitrogen and oxygen atoms in total. The van der Waals surface area contributed by atoms with Crippen LogP contribution in [0.15, 0.2) is 42.5 Å². The van der Waals surface area contributed by atoms with Gasteiger partial charge in [-0.15, -0.1) is 10.2 Å². The van der Waals surface area contributed by atoms with Crippen molar-refractivity contribution in [3.8, 4) is 17.1 Å². The van der Waals surface area contributed by atoms with Crippen LogP contribution in [-0.2, 0) is 9.59 Å². The van der Waals surface area contributed by atoms with Gasteiger partial charge in [-0.05, 0) is 18.9 Å². The monoisotopic (exact) mass is 380 g/mol. The summed E-state index contributed by atoms with van der Waals surface area (Å²) < 4.78 is 5.80. The molecule has 1 aromatic heterocycles. The molecule has 2 saturated heterocycles. The van der Waals surface area contributed by atoms with Crippen LogP contribution in [0.2, 0.25) is 0 Å². The Labute approximate surface area is 164 Å². The quantitative estimate of drug-likeness (QED) is 0.856. The zero-order chi connectivity index (χ0) is 19.3. The molecular weight excluding hydrogens is 356 g/mol. The standard InChI is InChI=1S/C21H24N4O3/c26-19-8-6-17(12-22-19)21(27)25-11-10-15(13-25)14-28-20-9-7-18(23-24-20)16-4-2-1-3-5-16/h1-5,7,9,15,17H,6,8,10-14H2,(H,22,26). The molecule has 1 aromatic carbocycles. The molecule has 0 saturated carbocycles. The molecule has 0 radical (unpaired) electrons. The molecule has 2 aromatic rings. The zero-order valence-corrected chi connectivity index (χ0v) is 15.7. The van der Waals surface area contributed by atoms with Crippen LogP contribution in [0, 0.1) is 11.8 Å². The Morgan fingerprint density at radius 2 is 2.00 bits per heavy atom. The van der Waals surface area contributed by atoms with Crippen LogP contribution in [0.1, 0.15) is 19.3 Å². The second kappa shape index (κ2) is 8.37. The highest BCUT2D eigenvalue weighted by molar-refractivity contribution is 5.83. The fraction of sp³-hybridized carbons (Fsp3) is 0.429. The van der Waals surface area contributed by atoms with Crippen molar-refractivity contribution in [2.24, 2.45) is 11.8 Å². The number of carbonyl (C=O) groups excluding carboxylic acids is 2. The van der Waals surface area contributed by atoms with E-state index in [1.54, 1.807) is 0 Å². The lowest BCUT2D eigenvalue weighted by molar-refractivity contribution is -0.136. The van der Waals surface area contributed by atoms with Crippen molar-refractivity contribution in [2.75, 3.05) is 26.2 Å². The van der Waals surface area contributed by atoms with Gasteiger partial charge in [0.2, 0.25) is 17.7 Å². The molecule has 3 heterocycles. The first-order valence-electron chi connectivity index (χ1n) is 9.76. The van der Waals surface area contributed by atoms with Crippen LogP contribution in [0.25, 0.3) is 11.3 Å². The summed E-state index contributed by atoms with van der Waals surface area (Å²) in [5, 5.41) is 11.2. The maximum atomic E-state index is 12.6. The number of likely N-dealkylation sites (tertiary alicyclic amines) is 1. The summed E-state index contributed by atoms with van der Waals surface area (Å²) in [6.07, 6.45) is 2.00. The molecule has 0 aliphatic carbocycles. The number of hydrogen-bond acceptors (Lipinski definition) is 5. The zero-order valence-electron chi connectivity index (χ0n) is 15.7. The van der Waals surface area contributed by atoms with Crippen LogP contribution in [0.4, 0.5) is 0 Å². The third-order valence-corrected chi connectivity index (χ3v) is 5.39. The minimum absolute atomic E-state index is 0.0381. The van der Waals surface area contributed by atoms with Crippen molar-refractivity contribution < 1.29 is 14.3 Å². The molecule has 2 aliphatic rings. The number of nitrogens with one attached hydrogen (secondary N) is 1. The number of benzene rings is 1. The molecular formula is C21H24N4O3. The summed E-state index contributed by atoms with van der Waals surface area (Å²) in [5.41, 5.74) is 1.83. The van der Waals surface area contributed by atoms with Crippen molar-refractivity contribution in [1.29, 1.82) is 0 Å². The van der Waals surface area contributed by atoms with Gasteiger partial charge in [-0.1, -0.05) is 30.3 Å². The minimum atomic E-state index is -0.0891. The highest BCUT2D eigenvalue weighted by Crippen LogP contribution is 2.23. The van der Waals surface area contributed by atoms with Crippen LogP contribution < -0.4 is 10.1 Å². The summed E-state index contributed by atoms with van der Waals surface area (Å²) in [5.74, 6) is 0.886. The van der Waals surface area contributed by atoms with Crippen molar-refractivity contribution in [3.63, 3.8) is 0 Å². The summed E-state index contributed by atoms with van der Waals surface area (Å²) in [6, 6.07) is 13.6. The SMILES string of the molecule is O=C1CCC(C(=O)N2CCC(COc3ccc(-c4ccccc4)nn3)C2)CN1. The predicted molar refractivity (Wildman–Crippen MR) is 103 cm³/mol. The Morgan fingerprint density at radius 1 is 1.14 bits per heavy atom. The van der Waals surface area contributed by atoms with E-state index >= 15 is 0 Å². The van der Waals surface area contributed by atoms with Gasteiger partial charge in [-0.3, -0.25) is 9.59 Å². The highest BCUT2D eigenvalue weighted by Gasteiger charge is 2.33. The van der Waals surface area contributed by atoms with Gasteiger partial charge in [0.15, 0.2) is 0 Å². The van der Waals surface area contributed by atoms with Crippen LogP contribution in [0.5, 0.6) is 5.88 Å². The maximum Gasteiger partial charge on any atom is 0.233 e. The van der Waals surface area contributed by atoms with E-state index in [1.807, 2.05) is 47.4 Å². The Bertz CT molecular complexity index is 815. The number of carbonyl (C=O) groups is 2. The van der Waals surface area contributed by atoms with Crippen LogP contribution >= 0.6 is 0 Å². The van der Waals surface area contributed by atoms with E-state index in [1.165, 1.54) is 0 Å². The van der Waals surface area contributed by atoms with Gasteiger partial charge in [0.1, 0.15) is 0 Å². The molecule has 7 heteroatoms. The first-order valence-corrected chi connectivity index (χ1v) is 9.76. The van der Waals surface area contributed by atoms with E-state index in [4.69, 9.17) is 4.74 Å². The minimum Gasteiger partial charge on any atom is -0.476 e. The maximum absolute atomic E-state index is 12.6. The second-order valence-corrected chi connectivity index (χ2v) is 7.41. The van der Waals surface area contributed by atoms with Crippen LogP contribution in [-0.4, -0.2) is 53.2 Å². The van der Waals surface area contributed by atoms with Gasteiger partial charge < -0.3 is 15.0 Å². The molecule has 2 aliphatic heterocycles. The fourth-order valence-corrected chi connectivity index (χ4v) is 3.73. The van der Waals surface area contributed by atoms with Crippen molar-refractivity contribution >= 4 is 11.8 Å². The normalized spacial score (nSPS) is 22.0. The lowest BCUT2D eigenvalue weighted by Crippen LogP contribution is -2.44. The molecule has 0 spiro atoms. The molecule has 146 valence electrons. The molecule has 0 bridgehead atoms. The third kappa shape index (κ3) is 4.30. The first-order chi connectivity index (χ1) is 13.7. The predicted octanol–water partition coefficient (Wildman–Crippen LogP) is 1.90. The molecule has 2 unspecified atom stereocenters. The van der Waals surface area contributed by atoms with Gasteiger partial charge >= 0.3 is 0 Å². The van der Waals surface area contributed by atoms with Crippen molar-refractivity contribution in [3.05, 3.63) is 42.5 Å². The number of ether oxygens (including phenoxy) is 1. The average molecular weight is 380 g/mol. The Morgan fingerprint density at radius 3 is 2.71 bits per heavy atom. The second-order valence-electron chi connectivity index (χ2n) is 7.41. The summed E-state index contributed by atoms with van der Waals surface area (Å²) in [7, 11) is 0. The van der Waals surface area contributed by atoms with Crippen LogP contribution in [0.3, 0.4) is 0 Å². The topological polar surface area (TPSA) is 84.4 Å². The van der Waals surface area contributed by atoms with E-state index in [9.17, 15) is 9.59 Å². The largest absolute Gasteiger partial charge is 0.476 e.